The first-order valence-corrected chi connectivity index (χ1v) is 3.68. The van der Waals surface area contributed by atoms with Crippen LogP contribution in [0.4, 0.5) is 13.2 Å². The van der Waals surface area contributed by atoms with Gasteiger partial charge in [0.05, 0.1) is 5.56 Å². The molecule has 0 saturated carbocycles. The van der Waals surface area contributed by atoms with Crippen LogP contribution in [-0.2, 0) is 0 Å². The Morgan fingerprint density at radius 1 is 1.57 bits per heavy atom. The van der Waals surface area contributed by atoms with Crippen LogP contribution in [-0.4, -0.2) is 16.1 Å². The van der Waals surface area contributed by atoms with Crippen LogP contribution in [0.15, 0.2) is 6.07 Å². The van der Waals surface area contributed by atoms with Crippen LogP contribution in [0.3, 0.4) is 0 Å². The minimum absolute atomic E-state index is 0.416. The summed E-state index contributed by atoms with van der Waals surface area (Å²) in [4.78, 5) is 13.3. The Bertz CT molecular complexity index is 383. The molecule has 7 heteroatoms. The molecule has 14 heavy (non-hydrogen) atoms. The fraction of sp³-hybridized carbons (Fsp3) is 0.143. The van der Waals surface area contributed by atoms with E-state index in [0.29, 0.717) is 6.07 Å². The van der Waals surface area contributed by atoms with Gasteiger partial charge in [-0.1, -0.05) is 11.6 Å². The van der Waals surface area contributed by atoms with E-state index in [9.17, 15) is 18.0 Å². The van der Waals surface area contributed by atoms with Gasteiger partial charge in [-0.3, -0.25) is 0 Å². The van der Waals surface area contributed by atoms with E-state index in [1.165, 1.54) is 0 Å². The number of rotatable bonds is 2. The van der Waals surface area contributed by atoms with Gasteiger partial charge in [-0.05, 0) is 6.07 Å². The number of alkyl halides is 2. The third kappa shape index (κ3) is 1.95. The van der Waals surface area contributed by atoms with Crippen molar-refractivity contribution in [3.63, 3.8) is 0 Å². The van der Waals surface area contributed by atoms with Gasteiger partial charge in [-0.2, -0.15) is 0 Å². The zero-order valence-electron chi connectivity index (χ0n) is 6.47. The highest BCUT2D eigenvalue weighted by Crippen LogP contribution is 2.24. The Balaban J connectivity index is 3.31. The minimum Gasteiger partial charge on any atom is -0.478 e. The zero-order chi connectivity index (χ0) is 10.9. The summed E-state index contributed by atoms with van der Waals surface area (Å²) in [5.74, 6) is -2.91. The summed E-state index contributed by atoms with van der Waals surface area (Å²) >= 11 is 5.25. The molecule has 0 spiro atoms. The summed E-state index contributed by atoms with van der Waals surface area (Å²) in [5, 5.41) is 7.78. The number of hydrogen-bond donors (Lipinski definition) is 1. The minimum atomic E-state index is -3.13. The molecule has 0 aromatic carbocycles. The van der Waals surface area contributed by atoms with Crippen LogP contribution in [0.5, 0.6) is 0 Å². The Labute approximate surface area is 81.1 Å². The summed E-state index contributed by atoms with van der Waals surface area (Å²) in [6.07, 6.45) is -3.13. The van der Waals surface area contributed by atoms with Gasteiger partial charge in [0.25, 0.3) is 6.43 Å². The summed E-state index contributed by atoms with van der Waals surface area (Å²) in [6, 6.07) is 0.416. The lowest BCUT2D eigenvalue weighted by molar-refractivity contribution is 0.0695. The fourth-order valence-electron chi connectivity index (χ4n) is 0.783. The predicted molar refractivity (Wildman–Crippen MR) is 41.1 cm³/mol. The summed E-state index contributed by atoms with van der Waals surface area (Å²) in [5.41, 5.74) is -1.80. The molecular formula is C7H3ClF3NO2. The zero-order valence-corrected chi connectivity index (χ0v) is 7.23. The van der Waals surface area contributed by atoms with Crippen LogP contribution in [0.2, 0.25) is 5.15 Å². The van der Waals surface area contributed by atoms with E-state index >= 15 is 0 Å². The number of nitrogens with zero attached hydrogens (tertiary/aromatic N) is 1. The molecule has 1 N–H and O–H groups in total. The summed E-state index contributed by atoms with van der Waals surface area (Å²) in [7, 11) is 0. The van der Waals surface area contributed by atoms with Crippen molar-refractivity contribution in [1.82, 2.24) is 4.98 Å². The highest BCUT2D eigenvalue weighted by Gasteiger charge is 2.20. The van der Waals surface area contributed by atoms with Crippen molar-refractivity contribution in [2.24, 2.45) is 0 Å². The standard InChI is InChI=1S/C7H3ClF3NO2/c8-5-2(7(13)14)1-3(9)4(12-5)6(10)11/h1,6H,(H,13,14). The maximum Gasteiger partial charge on any atom is 0.338 e. The normalized spacial score (nSPS) is 10.6. The van der Waals surface area contributed by atoms with Crippen molar-refractivity contribution in [2.45, 2.75) is 6.43 Å². The number of carboxylic acids is 1. The van der Waals surface area contributed by atoms with Crippen molar-refractivity contribution < 1.29 is 23.1 Å². The first-order chi connectivity index (χ1) is 6.43. The number of halogens is 4. The third-order valence-corrected chi connectivity index (χ3v) is 1.68. The third-order valence-electron chi connectivity index (χ3n) is 1.39. The fourth-order valence-corrected chi connectivity index (χ4v) is 1.01. The van der Waals surface area contributed by atoms with Crippen LogP contribution >= 0.6 is 11.6 Å². The molecule has 3 nitrogen and oxygen atoms in total. The van der Waals surface area contributed by atoms with E-state index < -0.39 is 34.6 Å². The van der Waals surface area contributed by atoms with Gasteiger partial charge < -0.3 is 5.11 Å². The van der Waals surface area contributed by atoms with Crippen LogP contribution in [0, 0.1) is 5.82 Å². The molecule has 0 radical (unpaired) electrons. The number of aromatic nitrogens is 1. The second-order valence-electron chi connectivity index (χ2n) is 2.30. The van der Waals surface area contributed by atoms with E-state index in [4.69, 9.17) is 16.7 Å². The molecule has 0 aliphatic heterocycles. The predicted octanol–water partition coefficient (Wildman–Crippen LogP) is 2.51. The first-order valence-electron chi connectivity index (χ1n) is 3.31. The van der Waals surface area contributed by atoms with Gasteiger partial charge in [-0.25, -0.2) is 22.9 Å². The van der Waals surface area contributed by atoms with E-state index in [1.54, 1.807) is 0 Å². The van der Waals surface area contributed by atoms with Crippen molar-refractivity contribution in [3.8, 4) is 0 Å². The van der Waals surface area contributed by atoms with Gasteiger partial charge in [0, 0.05) is 0 Å². The molecule has 1 aromatic rings. The molecule has 1 heterocycles. The molecule has 0 unspecified atom stereocenters. The lowest BCUT2D eigenvalue weighted by Crippen LogP contribution is -2.04. The highest BCUT2D eigenvalue weighted by atomic mass is 35.5. The second kappa shape index (κ2) is 3.83. The van der Waals surface area contributed by atoms with Gasteiger partial charge in [0.2, 0.25) is 0 Å². The van der Waals surface area contributed by atoms with E-state index in [-0.39, 0.29) is 0 Å². The Morgan fingerprint density at radius 2 is 2.14 bits per heavy atom. The van der Waals surface area contributed by atoms with E-state index in [2.05, 4.69) is 4.98 Å². The number of hydrogen-bond acceptors (Lipinski definition) is 2. The molecular weight excluding hydrogens is 223 g/mol. The topological polar surface area (TPSA) is 50.2 Å². The molecule has 0 atom stereocenters. The van der Waals surface area contributed by atoms with Crippen LogP contribution in [0.1, 0.15) is 22.5 Å². The van der Waals surface area contributed by atoms with Crippen LogP contribution in [0.25, 0.3) is 0 Å². The Hall–Kier alpha value is -1.30. The molecule has 1 aromatic heterocycles. The molecule has 1 rings (SSSR count). The summed E-state index contributed by atoms with van der Waals surface area (Å²) < 4.78 is 36.8. The first kappa shape index (κ1) is 10.8. The largest absolute Gasteiger partial charge is 0.478 e. The quantitative estimate of drug-likeness (QED) is 0.787. The van der Waals surface area contributed by atoms with E-state index in [0.717, 1.165) is 0 Å². The molecule has 0 fully saturated rings. The van der Waals surface area contributed by atoms with Gasteiger partial charge >= 0.3 is 5.97 Å². The van der Waals surface area contributed by atoms with Gasteiger partial charge in [-0.15, -0.1) is 0 Å². The molecule has 0 amide bonds. The maximum atomic E-state index is 12.8. The molecule has 0 bridgehead atoms. The number of carboxylic acid groups (broad SMARTS) is 1. The lowest BCUT2D eigenvalue weighted by atomic mass is 10.2. The average molecular weight is 226 g/mol. The lowest BCUT2D eigenvalue weighted by Gasteiger charge is -2.03. The summed E-state index contributed by atoms with van der Waals surface area (Å²) in [6.45, 7) is 0. The van der Waals surface area contributed by atoms with Crippen molar-refractivity contribution in [2.75, 3.05) is 0 Å². The number of aromatic carboxylic acids is 1. The van der Waals surface area contributed by atoms with Crippen molar-refractivity contribution >= 4 is 17.6 Å². The number of carbonyl (C=O) groups is 1. The van der Waals surface area contributed by atoms with E-state index in [1.807, 2.05) is 0 Å². The second-order valence-corrected chi connectivity index (χ2v) is 2.66. The molecule has 76 valence electrons. The maximum absolute atomic E-state index is 12.8. The van der Waals surface area contributed by atoms with Gasteiger partial charge in [0.15, 0.2) is 5.82 Å². The van der Waals surface area contributed by atoms with Crippen molar-refractivity contribution in [3.05, 3.63) is 28.3 Å². The average Bonchev–Trinajstić information content (AvgIpc) is 2.07. The molecule has 0 aliphatic carbocycles. The molecule has 0 saturated heterocycles. The smallest absolute Gasteiger partial charge is 0.338 e. The van der Waals surface area contributed by atoms with Gasteiger partial charge in [0.1, 0.15) is 10.8 Å². The Morgan fingerprint density at radius 3 is 2.57 bits per heavy atom. The number of pyridine rings is 1. The monoisotopic (exact) mass is 225 g/mol. The SMILES string of the molecule is O=C(O)c1cc(F)c(C(F)F)nc1Cl. The highest BCUT2D eigenvalue weighted by molar-refractivity contribution is 6.32. The van der Waals surface area contributed by atoms with Crippen molar-refractivity contribution in [1.29, 1.82) is 0 Å². The molecule has 0 aliphatic rings. The Kier molecular flexibility index (Phi) is 2.95. The van der Waals surface area contributed by atoms with Crippen LogP contribution < -0.4 is 0 Å².